The van der Waals surface area contributed by atoms with Gasteiger partial charge in [0, 0.05) is 6.92 Å². The molecule has 3 nitrogen and oxygen atoms in total. The van der Waals surface area contributed by atoms with E-state index in [0.29, 0.717) is 5.92 Å². The summed E-state index contributed by atoms with van der Waals surface area (Å²) in [5.41, 5.74) is 0. The van der Waals surface area contributed by atoms with Gasteiger partial charge in [0.05, 0.1) is 6.10 Å². The Morgan fingerprint density at radius 3 is 2.07 bits per heavy atom. The SMILES string of the molecule is CC(=O)O.CCCCC(O)CC(C)C. The van der Waals surface area contributed by atoms with Crippen LogP contribution in [0.15, 0.2) is 0 Å². The third kappa shape index (κ3) is 22.5. The molecule has 0 rings (SSSR count). The van der Waals surface area contributed by atoms with Gasteiger partial charge in [-0.2, -0.15) is 0 Å². The molecule has 14 heavy (non-hydrogen) atoms. The number of hydrogen-bond donors (Lipinski definition) is 2. The van der Waals surface area contributed by atoms with Crippen molar-refractivity contribution in [3.05, 3.63) is 0 Å². The molecule has 0 spiro atoms. The summed E-state index contributed by atoms with van der Waals surface area (Å²) in [4.78, 5) is 9.00. The van der Waals surface area contributed by atoms with Gasteiger partial charge >= 0.3 is 0 Å². The number of unbranched alkanes of at least 4 members (excludes halogenated alkanes) is 1. The Kier molecular flexibility index (Phi) is 11.9. The zero-order valence-electron chi connectivity index (χ0n) is 9.79. The second-order valence-electron chi connectivity index (χ2n) is 3.94. The Labute approximate surface area is 87.1 Å². The Hall–Kier alpha value is -0.570. The Bertz CT molecular complexity index is 128. The molecular formula is C11H24O3. The van der Waals surface area contributed by atoms with E-state index in [9.17, 15) is 5.11 Å². The number of aliphatic hydroxyl groups is 1. The van der Waals surface area contributed by atoms with Crippen LogP contribution in [-0.2, 0) is 4.79 Å². The topological polar surface area (TPSA) is 57.5 Å². The molecule has 0 aromatic heterocycles. The summed E-state index contributed by atoms with van der Waals surface area (Å²) in [7, 11) is 0. The zero-order chi connectivity index (χ0) is 11.6. The fourth-order valence-electron chi connectivity index (χ4n) is 1.10. The maximum Gasteiger partial charge on any atom is 0.300 e. The van der Waals surface area contributed by atoms with Crippen LogP contribution in [0.5, 0.6) is 0 Å². The van der Waals surface area contributed by atoms with Crippen molar-refractivity contribution < 1.29 is 15.0 Å². The maximum atomic E-state index is 9.35. The van der Waals surface area contributed by atoms with Gasteiger partial charge in [-0.15, -0.1) is 0 Å². The van der Waals surface area contributed by atoms with Crippen molar-refractivity contribution in [1.82, 2.24) is 0 Å². The lowest BCUT2D eigenvalue weighted by atomic mass is 10.0. The minimum absolute atomic E-state index is 0.0556. The number of hydrogen-bond acceptors (Lipinski definition) is 2. The highest BCUT2D eigenvalue weighted by molar-refractivity contribution is 5.62. The summed E-state index contributed by atoms with van der Waals surface area (Å²) >= 11 is 0. The fourth-order valence-corrected chi connectivity index (χ4v) is 1.10. The number of carboxylic acids is 1. The summed E-state index contributed by atoms with van der Waals surface area (Å²) in [5, 5.41) is 16.8. The summed E-state index contributed by atoms with van der Waals surface area (Å²) in [5.74, 6) is -0.202. The molecule has 0 aromatic rings. The lowest BCUT2D eigenvalue weighted by Crippen LogP contribution is -2.09. The lowest BCUT2D eigenvalue weighted by molar-refractivity contribution is -0.134. The molecule has 0 aliphatic rings. The van der Waals surface area contributed by atoms with Crippen molar-refractivity contribution in [2.75, 3.05) is 0 Å². The third-order valence-electron chi connectivity index (χ3n) is 1.63. The fraction of sp³-hybridized carbons (Fsp3) is 0.909. The smallest absolute Gasteiger partial charge is 0.300 e. The first-order valence-corrected chi connectivity index (χ1v) is 5.27. The maximum absolute atomic E-state index is 9.35. The van der Waals surface area contributed by atoms with Crippen molar-refractivity contribution in [1.29, 1.82) is 0 Å². The molecule has 0 saturated heterocycles. The van der Waals surface area contributed by atoms with Gasteiger partial charge in [-0.3, -0.25) is 4.79 Å². The number of aliphatic hydroxyl groups excluding tert-OH is 1. The summed E-state index contributed by atoms with van der Waals surface area (Å²) in [6.45, 7) is 7.53. The van der Waals surface area contributed by atoms with Crippen molar-refractivity contribution in [3.63, 3.8) is 0 Å². The van der Waals surface area contributed by atoms with Crippen molar-refractivity contribution >= 4 is 5.97 Å². The molecule has 0 bridgehead atoms. The van der Waals surface area contributed by atoms with E-state index in [0.717, 1.165) is 26.2 Å². The Morgan fingerprint density at radius 2 is 1.79 bits per heavy atom. The minimum atomic E-state index is -0.833. The molecule has 2 N–H and O–H groups in total. The van der Waals surface area contributed by atoms with Gasteiger partial charge in [-0.05, 0) is 18.8 Å². The van der Waals surface area contributed by atoms with E-state index in [4.69, 9.17) is 9.90 Å². The van der Waals surface area contributed by atoms with Crippen LogP contribution >= 0.6 is 0 Å². The van der Waals surface area contributed by atoms with E-state index in [1.54, 1.807) is 0 Å². The zero-order valence-corrected chi connectivity index (χ0v) is 9.79. The van der Waals surface area contributed by atoms with E-state index in [2.05, 4.69) is 20.8 Å². The average Bonchev–Trinajstić information content (AvgIpc) is 1.98. The highest BCUT2D eigenvalue weighted by Crippen LogP contribution is 2.09. The second-order valence-corrected chi connectivity index (χ2v) is 3.94. The van der Waals surface area contributed by atoms with Crippen LogP contribution in [-0.4, -0.2) is 22.3 Å². The van der Waals surface area contributed by atoms with Crippen LogP contribution in [0.3, 0.4) is 0 Å². The molecule has 0 fully saturated rings. The summed E-state index contributed by atoms with van der Waals surface area (Å²) < 4.78 is 0. The molecule has 0 heterocycles. The molecule has 0 amide bonds. The molecule has 0 aromatic carbocycles. The Balaban J connectivity index is 0. The van der Waals surface area contributed by atoms with Crippen LogP contribution < -0.4 is 0 Å². The third-order valence-corrected chi connectivity index (χ3v) is 1.63. The molecule has 1 atom stereocenters. The molecule has 0 aliphatic carbocycles. The van der Waals surface area contributed by atoms with Gasteiger partial charge in [0.1, 0.15) is 0 Å². The number of rotatable bonds is 5. The number of carboxylic acid groups (broad SMARTS) is 1. The quantitative estimate of drug-likeness (QED) is 0.724. The molecular weight excluding hydrogens is 180 g/mol. The first-order valence-electron chi connectivity index (χ1n) is 5.27. The van der Waals surface area contributed by atoms with Crippen LogP contribution in [0.4, 0.5) is 0 Å². The molecule has 3 heteroatoms. The van der Waals surface area contributed by atoms with Crippen LogP contribution in [0.2, 0.25) is 0 Å². The van der Waals surface area contributed by atoms with E-state index in [1.807, 2.05) is 0 Å². The first kappa shape index (κ1) is 15.9. The van der Waals surface area contributed by atoms with Gasteiger partial charge in [-0.1, -0.05) is 33.6 Å². The van der Waals surface area contributed by atoms with Crippen molar-refractivity contribution in [2.45, 2.75) is 59.5 Å². The normalized spacial score (nSPS) is 11.9. The number of carbonyl (C=O) groups is 1. The predicted molar refractivity (Wildman–Crippen MR) is 58.3 cm³/mol. The van der Waals surface area contributed by atoms with Crippen molar-refractivity contribution in [3.8, 4) is 0 Å². The van der Waals surface area contributed by atoms with Crippen LogP contribution in [0.1, 0.15) is 53.4 Å². The molecule has 86 valence electrons. The molecule has 0 aliphatic heterocycles. The van der Waals surface area contributed by atoms with Crippen LogP contribution in [0.25, 0.3) is 0 Å². The summed E-state index contributed by atoms with van der Waals surface area (Å²) in [6.07, 6.45) is 4.23. The standard InChI is InChI=1S/C9H20O.C2H4O2/c1-4-5-6-9(10)7-8(2)3;1-2(3)4/h8-10H,4-7H2,1-3H3;1H3,(H,3,4). The average molecular weight is 204 g/mol. The Morgan fingerprint density at radius 1 is 1.36 bits per heavy atom. The van der Waals surface area contributed by atoms with E-state index >= 15 is 0 Å². The minimum Gasteiger partial charge on any atom is -0.481 e. The van der Waals surface area contributed by atoms with E-state index in [-0.39, 0.29) is 6.10 Å². The first-order chi connectivity index (χ1) is 6.40. The highest BCUT2D eigenvalue weighted by atomic mass is 16.4. The largest absolute Gasteiger partial charge is 0.481 e. The predicted octanol–water partition coefficient (Wildman–Crippen LogP) is 2.67. The van der Waals surface area contributed by atoms with E-state index in [1.165, 1.54) is 6.42 Å². The van der Waals surface area contributed by atoms with Gasteiger partial charge in [0.15, 0.2) is 0 Å². The van der Waals surface area contributed by atoms with Gasteiger partial charge in [-0.25, -0.2) is 0 Å². The van der Waals surface area contributed by atoms with Crippen molar-refractivity contribution in [2.24, 2.45) is 5.92 Å². The lowest BCUT2D eigenvalue weighted by Gasteiger charge is -2.11. The highest BCUT2D eigenvalue weighted by Gasteiger charge is 2.04. The monoisotopic (exact) mass is 204 g/mol. The van der Waals surface area contributed by atoms with Crippen LogP contribution in [0, 0.1) is 5.92 Å². The van der Waals surface area contributed by atoms with E-state index < -0.39 is 5.97 Å². The van der Waals surface area contributed by atoms with Gasteiger partial charge in [0.25, 0.3) is 5.97 Å². The van der Waals surface area contributed by atoms with Gasteiger partial charge in [0.2, 0.25) is 0 Å². The molecule has 1 unspecified atom stereocenters. The molecule has 0 radical (unpaired) electrons. The molecule has 0 saturated carbocycles. The van der Waals surface area contributed by atoms with Gasteiger partial charge < -0.3 is 10.2 Å². The second kappa shape index (κ2) is 10.5. The summed E-state index contributed by atoms with van der Waals surface area (Å²) in [6, 6.07) is 0. The number of aliphatic carboxylic acids is 1.